The van der Waals surface area contributed by atoms with Crippen LogP contribution in [0.2, 0.25) is 0 Å². The fourth-order valence-electron chi connectivity index (χ4n) is 1.11. The Morgan fingerprint density at radius 3 is 2.79 bits per heavy atom. The predicted octanol–water partition coefficient (Wildman–Crippen LogP) is 0.716. The number of hydrogen-bond donors (Lipinski definition) is 1. The van der Waals surface area contributed by atoms with Gasteiger partial charge in [0.25, 0.3) is 0 Å². The molecular weight excluding hydrogens is 180 g/mol. The fourth-order valence-corrected chi connectivity index (χ4v) is 1.11. The first kappa shape index (κ1) is 8.83. The number of aliphatic hydroxyl groups is 1. The number of pyridine rings is 1. The van der Waals surface area contributed by atoms with Gasteiger partial charge in [0.15, 0.2) is 5.82 Å². The lowest BCUT2D eigenvalue weighted by Gasteiger charge is -2.04. The zero-order chi connectivity index (χ0) is 9.97. The highest BCUT2D eigenvalue weighted by Gasteiger charge is 2.02. The molecule has 5 nitrogen and oxygen atoms in total. The molecule has 2 rings (SSSR count). The normalized spacial score (nSPS) is 12.7. The minimum Gasteiger partial charge on any atom is -0.389 e. The second kappa shape index (κ2) is 3.55. The third-order valence-electron chi connectivity index (χ3n) is 1.91. The van der Waals surface area contributed by atoms with Crippen molar-refractivity contribution in [2.75, 3.05) is 0 Å². The predicted molar refractivity (Wildman–Crippen MR) is 49.8 cm³/mol. The Hall–Kier alpha value is -1.75. The standard InChI is InChI=1S/C9H10N4O/c1-7(14)8-2-3-9(11-4-8)13-6-10-5-12-13/h2-7,14H,1H3. The van der Waals surface area contributed by atoms with Crippen molar-refractivity contribution >= 4 is 0 Å². The summed E-state index contributed by atoms with van der Waals surface area (Å²) in [4.78, 5) is 7.96. The average molecular weight is 190 g/mol. The number of nitrogens with zero attached hydrogens (tertiary/aromatic N) is 4. The molecule has 1 N–H and O–H groups in total. The van der Waals surface area contributed by atoms with Crippen molar-refractivity contribution in [3.8, 4) is 5.82 Å². The van der Waals surface area contributed by atoms with Gasteiger partial charge in [-0.1, -0.05) is 6.07 Å². The summed E-state index contributed by atoms with van der Waals surface area (Å²) in [6.45, 7) is 1.70. The van der Waals surface area contributed by atoms with Crippen LogP contribution in [0.15, 0.2) is 31.0 Å². The summed E-state index contributed by atoms with van der Waals surface area (Å²) >= 11 is 0. The third kappa shape index (κ3) is 1.62. The number of aliphatic hydroxyl groups excluding tert-OH is 1. The van der Waals surface area contributed by atoms with Crippen molar-refractivity contribution in [1.29, 1.82) is 0 Å². The minimum atomic E-state index is -0.493. The van der Waals surface area contributed by atoms with Gasteiger partial charge in [-0.2, -0.15) is 5.10 Å². The van der Waals surface area contributed by atoms with Crippen LogP contribution >= 0.6 is 0 Å². The van der Waals surface area contributed by atoms with E-state index in [0.29, 0.717) is 5.82 Å². The van der Waals surface area contributed by atoms with E-state index in [-0.39, 0.29) is 0 Å². The highest BCUT2D eigenvalue weighted by molar-refractivity contribution is 5.24. The summed E-state index contributed by atoms with van der Waals surface area (Å²) < 4.78 is 1.56. The summed E-state index contributed by atoms with van der Waals surface area (Å²) in [6.07, 6.45) is 4.16. The smallest absolute Gasteiger partial charge is 0.155 e. The van der Waals surface area contributed by atoms with E-state index in [0.717, 1.165) is 5.56 Å². The Morgan fingerprint density at radius 1 is 1.43 bits per heavy atom. The molecule has 0 aliphatic rings. The van der Waals surface area contributed by atoms with Crippen LogP contribution in [0.3, 0.4) is 0 Å². The molecule has 72 valence electrons. The van der Waals surface area contributed by atoms with Gasteiger partial charge in [0.05, 0.1) is 6.10 Å². The maximum atomic E-state index is 9.27. The van der Waals surface area contributed by atoms with Gasteiger partial charge in [-0.05, 0) is 18.6 Å². The van der Waals surface area contributed by atoms with Crippen LogP contribution < -0.4 is 0 Å². The Bertz CT molecular complexity index is 393. The topological polar surface area (TPSA) is 63.8 Å². The molecule has 0 spiro atoms. The summed E-state index contributed by atoms with van der Waals surface area (Å²) in [5, 5.41) is 13.2. The number of aromatic nitrogens is 4. The van der Waals surface area contributed by atoms with Gasteiger partial charge in [0.2, 0.25) is 0 Å². The van der Waals surface area contributed by atoms with Crippen LogP contribution in [0.4, 0.5) is 0 Å². The highest BCUT2D eigenvalue weighted by Crippen LogP contribution is 2.11. The molecule has 1 atom stereocenters. The molecule has 0 aromatic carbocycles. The molecule has 0 saturated heterocycles. The molecule has 2 aromatic rings. The van der Waals surface area contributed by atoms with Crippen molar-refractivity contribution in [3.63, 3.8) is 0 Å². The number of hydrogen-bond acceptors (Lipinski definition) is 4. The average Bonchev–Trinajstić information content (AvgIpc) is 2.71. The van der Waals surface area contributed by atoms with Gasteiger partial charge in [-0.15, -0.1) is 0 Å². The molecule has 0 bridgehead atoms. The van der Waals surface area contributed by atoms with Crippen LogP contribution in [0.5, 0.6) is 0 Å². The second-order valence-electron chi connectivity index (χ2n) is 2.97. The number of rotatable bonds is 2. The Labute approximate surface area is 81.1 Å². The SMILES string of the molecule is CC(O)c1ccc(-n2cncn2)nc1. The van der Waals surface area contributed by atoms with Crippen molar-refractivity contribution in [2.45, 2.75) is 13.0 Å². The van der Waals surface area contributed by atoms with E-state index in [4.69, 9.17) is 0 Å². The zero-order valence-corrected chi connectivity index (χ0v) is 7.70. The molecular formula is C9H10N4O. The Balaban J connectivity index is 2.31. The lowest BCUT2D eigenvalue weighted by atomic mass is 10.2. The van der Waals surface area contributed by atoms with Crippen LogP contribution in [-0.2, 0) is 0 Å². The molecule has 2 aromatic heterocycles. The van der Waals surface area contributed by atoms with Gasteiger partial charge in [0, 0.05) is 6.20 Å². The molecule has 0 fully saturated rings. The molecule has 1 unspecified atom stereocenters. The van der Waals surface area contributed by atoms with Gasteiger partial charge in [0.1, 0.15) is 12.7 Å². The molecule has 0 radical (unpaired) electrons. The quantitative estimate of drug-likeness (QED) is 0.757. The first-order valence-electron chi connectivity index (χ1n) is 4.26. The highest BCUT2D eigenvalue weighted by atomic mass is 16.3. The Morgan fingerprint density at radius 2 is 2.29 bits per heavy atom. The van der Waals surface area contributed by atoms with E-state index in [2.05, 4.69) is 15.1 Å². The molecule has 0 aliphatic heterocycles. The zero-order valence-electron chi connectivity index (χ0n) is 7.70. The monoisotopic (exact) mass is 190 g/mol. The van der Waals surface area contributed by atoms with Crippen molar-refractivity contribution in [2.24, 2.45) is 0 Å². The second-order valence-corrected chi connectivity index (χ2v) is 2.97. The first-order chi connectivity index (χ1) is 6.77. The molecule has 0 amide bonds. The fraction of sp³-hybridized carbons (Fsp3) is 0.222. The lowest BCUT2D eigenvalue weighted by Crippen LogP contribution is -1.99. The molecule has 0 aliphatic carbocycles. The van der Waals surface area contributed by atoms with E-state index in [9.17, 15) is 5.11 Å². The van der Waals surface area contributed by atoms with Gasteiger partial charge in [-0.3, -0.25) is 0 Å². The van der Waals surface area contributed by atoms with Crippen LogP contribution in [-0.4, -0.2) is 24.9 Å². The van der Waals surface area contributed by atoms with Crippen LogP contribution in [0.1, 0.15) is 18.6 Å². The van der Waals surface area contributed by atoms with E-state index < -0.39 is 6.10 Å². The largest absolute Gasteiger partial charge is 0.389 e. The van der Waals surface area contributed by atoms with Crippen molar-refractivity contribution in [1.82, 2.24) is 19.7 Å². The first-order valence-corrected chi connectivity index (χ1v) is 4.26. The molecule has 14 heavy (non-hydrogen) atoms. The van der Waals surface area contributed by atoms with E-state index in [1.807, 2.05) is 6.07 Å². The maximum Gasteiger partial charge on any atom is 0.155 e. The molecule has 5 heteroatoms. The summed E-state index contributed by atoms with van der Waals surface area (Å²) in [7, 11) is 0. The van der Waals surface area contributed by atoms with E-state index >= 15 is 0 Å². The van der Waals surface area contributed by atoms with Crippen LogP contribution in [0, 0.1) is 0 Å². The van der Waals surface area contributed by atoms with Gasteiger partial charge < -0.3 is 5.11 Å². The van der Waals surface area contributed by atoms with Crippen LogP contribution in [0.25, 0.3) is 5.82 Å². The van der Waals surface area contributed by atoms with E-state index in [1.54, 1.807) is 30.2 Å². The summed E-state index contributed by atoms with van der Waals surface area (Å²) in [5.74, 6) is 0.687. The molecule has 2 heterocycles. The van der Waals surface area contributed by atoms with E-state index in [1.165, 1.54) is 6.33 Å². The van der Waals surface area contributed by atoms with Crippen molar-refractivity contribution in [3.05, 3.63) is 36.5 Å². The minimum absolute atomic E-state index is 0.493. The van der Waals surface area contributed by atoms with Gasteiger partial charge in [-0.25, -0.2) is 14.6 Å². The lowest BCUT2D eigenvalue weighted by molar-refractivity contribution is 0.199. The third-order valence-corrected chi connectivity index (χ3v) is 1.91. The summed E-state index contributed by atoms with van der Waals surface area (Å²) in [5.41, 5.74) is 0.786. The Kier molecular flexibility index (Phi) is 2.24. The maximum absolute atomic E-state index is 9.27. The summed E-state index contributed by atoms with van der Waals surface area (Å²) in [6, 6.07) is 3.60. The van der Waals surface area contributed by atoms with Crippen molar-refractivity contribution < 1.29 is 5.11 Å². The molecule has 0 saturated carbocycles. The van der Waals surface area contributed by atoms with Gasteiger partial charge >= 0.3 is 0 Å².